The summed E-state index contributed by atoms with van der Waals surface area (Å²) in [5.41, 5.74) is 1.50. The molecule has 4 rings (SSSR count). The zero-order valence-electron chi connectivity index (χ0n) is 20.3. The maximum absolute atomic E-state index is 13.2. The maximum Gasteiger partial charge on any atom is 0.265 e. The minimum absolute atomic E-state index is 0.0773. The van der Waals surface area contributed by atoms with Crippen LogP contribution in [0.25, 0.3) is 0 Å². The standard InChI is InChI=1S/C26H33N3O5S/c1-19-12-14-28(15-13-19)35(32,33)22-10-11-24-23(16-22)29(26(31)18-34-24)17-25(30)27-20(2)8-9-21-6-4-3-5-7-21/h3-7,10-11,16,19-20H,8-9,12-15,17-18H2,1-2H3,(H,27,30). The summed E-state index contributed by atoms with van der Waals surface area (Å²) >= 11 is 0. The Morgan fingerprint density at radius 2 is 1.86 bits per heavy atom. The first-order valence-corrected chi connectivity index (χ1v) is 13.6. The Morgan fingerprint density at radius 3 is 2.57 bits per heavy atom. The molecular weight excluding hydrogens is 466 g/mol. The number of carbonyl (C=O) groups excluding carboxylic acids is 2. The van der Waals surface area contributed by atoms with Crippen LogP contribution in [-0.4, -0.2) is 56.8 Å². The lowest BCUT2D eigenvalue weighted by Crippen LogP contribution is -2.47. The minimum Gasteiger partial charge on any atom is -0.482 e. The van der Waals surface area contributed by atoms with E-state index in [1.54, 1.807) is 6.07 Å². The van der Waals surface area contributed by atoms with E-state index in [-0.39, 0.29) is 35.9 Å². The van der Waals surface area contributed by atoms with Gasteiger partial charge in [0.2, 0.25) is 15.9 Å². The van der Waals surface area contributed by atoms with Gasteiger partial charge >= 0.3 is 0 Å². The van der Waals surface area contributed by atoms with Crippen LogP contribution in [0.15, 0.2) is 53.4 Å². The fraction of sp³-hybridized carbons (Fsp3) is 0.462. The number of aryl methyl sites for hydroxylation is 1. The Bertz CT molecular complexity index is 1160. The van der Waals surface area contributed by atoms with Gasteiger partial charge in [0.15, 0.2) is 6.61 Å². The van der Waals surface area contributed by atoms with Crippen LogP contribution in [0.1, 0.15) is 38.7 Å². The van der Waals surface area contributed by atoms with Gasteiger partial charge in [0.05, 0.1) is 10.6 Å². The number of amides is 2. The number of benzene rings is 2. The molecule has 2 aliphatic rings. The van der Waals surface area contributed by atoms with Gasteiger partial charge in [-0.15, -0.1) is 0 Å². The van der Waals surface area contributed by atoms with Gasteiger partial charge in [0, 0.05) is 19.1 Å². The molecule has 2 aromatic rings. The number of ether oxygens (including phenoxy) is 1. The maximum atomic E-state index is 13.2. The number of anilines is 1. The van der Waals surface area contributed by atoms with Crippen LogP contribution in [0.2, 0.25) is 0 Å². The summed E-state index contributed by atoms with van der Waals surface area (Å²) in [6.45, 7) is 4.61. The molecule has 2 aromatic carbocycles. The van der Waals surface area contributed by atoms with Crippen molar-refractivity contribution < 1.29 is 22.7 Å². The topological polar surface area (TPSA) is 96.0 Å². The molecule has 0 aromatic heterocycles. The van der Waals surface area contributed by atoms with E-state index in [9.17, 15) is 18.0 Å². The summed E-state index contributed by atoms with van der Waals surface area (Å²) in [4.78, 5) is 26.8. The van der Waals surface area contributed by atoms with Crippen molar-refractivity contribution in [1.29, 1.82) is 0 Å². The van der Waals surface area contributed by atoms with Crippen molar-refractivity contribution in [3.05, 3.63) is 54.1 Å². The Hall–Kier alpha value is -2.91. The average Bonchev–Trinajstić information content (AvgIpc) is 2.85. The van der Waals surface area contributed by atoms with Crippen LogP contribution in [0.3, 0.4) is 0 Å². The number of sulfonamides is 1. The van der Waals surface area contributed by atoms with Gasteiger partial charge in [-0.3, -0.25) is 14.5 Å². The van der Waals surface area contributed by atoms with Crippen LogP contribution < -0.4 is 15.0 Å². The van der Waals surface area contributed by atoms with E-state index in [4.69, 9.17) is 4.74 Å². The summed E-state index contributed by atoms with van der Waals surface area (Å²) in [5.74, 6) is 0.205. The molecule has 0 spiro atoms. The third-order valence-corrected chi connectivity index (χ3v) is 8.57. The fourth-order valence-electron chi connectivity index (χ4n) is 4.45. The smallest absolute Gasteiger partial charge is 0.265 e. The molecular formula is C26H33N3O5S. The average molecular weight is 500 g/mol. The molecule has 9 heteroatoms. The van der Waals surface area contributed by atoms with E-state index in [2.05, 4.69) is 12.2 Å². The largest absolute Gasteiger partial charge is 0.482 e. The molecule has 8 nitrogen and oxygen atoms in total. The summed E-state index contributed by atoms with van der Waals surface area (Å²) in [7, 11) is -3.70. The molecule has 0 saturated carbocycles. The highest BCUT2D eigenvalue weighted by Gasteiger charge is 2.32. The lowest BCUT2D eigenvalue weighted by Gasteiger charge is -2.31. The third kappa shape index (κ3) is 6.02. The zero-order chi connectivity index (χ0) is 25.0. The van der Waals surface area contributed by atoms with Gasteiger partial charge in [0.1, 0.15) is 12.3 Å². The van der Waals surface area contributed by atoms with Crippen molar-refractivity contribution in [1.82, 2.24) is 9.62 Å². The Kier molecular flexibility index (Phi) is 7.76. The molecule has 1 fully saturated rings. The Balaban J connectivity index is 1.45. The molecule has 0 aliphatic carbocycles. The number of hydrogen-bond donors (Lipinski definition) is 1. The van der Waals surface area contributed by atoms with Gasteiger partial charge in [-0.25, -0.2) is 8.42 Å². The van der Waals surface area contributed by atoms with E-state index in [0.29, 0.717) is 30.4 Å². The van der Waals surface area contributed by atoms with Crippen molar-refractivity contribution in [3.8, 4) is 5.75 Å². The van der Waals surface area contributed by atoms with Gasteiger partial charge in [0.25, 0.3) is 5.91 Å². The van der Waals surface area contributed by atoms with Crippen LogP contribution >= 0.6 is 0 Å². The lowest BCUT2D eigenvalue weighted by molar-refractivity contribution is -0.125. The van der Waals surface area contributed by atoms with E-state index in [1.165, 1.54) is 26.9 Å². The molecule has 2 heterocycles. The van der Waals surface area contributed by atoms with Crippen LogP contribution in [0, 0.1) is 5.92 Å². The molecule has 1 saturated heterocycles. The molecule has 0 bridgehead atoms. The molecule has 188 valence electrons. The normalized spacial score (nSPS) is 18.0. The van der Waals surface area contributed by atoms with Crippen molar-refractivity contribution in [2.24, 2.45) is 5.92 Å². The molecule has 1 atom stereocenters. The summed E-state index contributed by atoms with van der Waals surface area (Å²) in [5, 5.41) is 2.95. The van der Waals surface area contributed by atoms with Crippen LogP contribution in [0.4, 0.5) is 5.69 Å². The van der Waals surface area contributed by atoms with Gasteiger partial charge in [-0.1, -0.05) is 37.3 Å². The molecule has 2 aliphatic heterocycles. The molecule has 0 radical (unpaired) electrons. The Morgan fingerprint density at radius 1 is 1.14 bits per heavy atom. The highest BCUT2D eigenvalue weighted by Crippen LogP contribution is 2.35. The predicted molar refractivity (Wildman–Crippen MR) is 134 cm³/mol. The molecule has 1 unspecified atom stereocenters. The van der Waals surface area contributed by atoms with E-state index in [1.807, 2.05) is 37.3 Å². The fourth-order valence-corrected chi connectivity index (χ4v) is 5.94. The van der Waals surface area contributed by atoms with Crippen molar-refractivity contribution in [2.75, 3.05) is 31.1 Å². The monoisotopic (exact) mass is 499 g/mol. The number of nitrogens with one attached hydrogen (secondary N) is 1. The summed E-state index contributed by atoms with van der Waals surface area (Å²) in [6, 6.07) is 14.5. The number of nitrogens with zero attached hydrogens (tertiary/aromatic N) is 2. The van der Waals surface area contributed by atoms with E-state index in [0.717, 1.165) is 25.7 Å². The van der Waals surface area contributed by atoms with E-state index < -0.39 is 10.0 Å². The van der Waals surface area contributed by atoms with Crippen molar-refractivity contribution >= 4 is 27.5 Å². The number of carbonyl (C=O) groups is 2. The van der Waals surface area contributed by atoms with Crippen LogP contribution in [0.5, 0.6) is 5.75 Å². The minimum atomic E-state index is -3.70. The third-order valence-electron chi connectivity index (χ3n) is 6.67. The number of rotatable bonds is 8. The van der Waals surface area contributed by atoms with Gasteiger partial charge in [-0.05, 0) is 62.3 Å². The summed E-state index contributed by atoms with van der Waals surface area (Å²) < 4.78 is 33.5. The second-order valence-electron chi connectivity index (χ2n) is 9.48. The molecule has 35 heavy (non-hydrogen) atoms. The van der Waals surface area contributed by atoms with Crippen molar-refractivity contribution in [3.63, 3.8) is 0 Å². The lowest BCUT2D eigenvalue weighted by atomic mass is 10.0. The van der Waals surface area contributed by atoms with Gasteiger partial charge < -0.3 is 10.1 Å². The zero-order valence-corrected chi connectivity index (χ0v) is 21.1. The van der Waals surface area contributed by atoms with Crippen LogP contribution in [-0.2, 0) is 26.0 Å². The predicted octanol–water partition coefficient (Wildman–Crippen LogP) is 2.97. The number of fused-ring (bicyclic) bond motifs is 1. The first-order valence-electron chi connectivity index (χ1n) is 12.1. The summed E-state index contributed by atoms with van der Waals surface area (Å²) in [6.07, 6.45) is 3.24. The number of hydrogen-bond acceptors (Lipinski definition) is 5. The molecule has 1 N–H and O–H groups in total. The molecule has 2 amide bonds. The Labute approximate surface area is 207 Å². The number of piperidine rings is 1. The quantitative estimate of drug-likeness (QED) is 0.603. The first kappa shape index (κ1) is 25.2. The highest BCUT2D eigenvalue weighted by molar-refractivity contribution is 7.89. The second-order valence-corrected chi connectivity index (χ2v) is 11.4. The van der Waals surface area contributed by atoms with Gasteiger partial charge in [-0.2, -0.15) is 4.31 Å². The van der Waals surface area contributed by atoms with E-state index >= 15 is 0 Å². The van der Waals surface area contributed by atoms with Crippen molar-refractivity contribution in [2.45, 2.75) is 50.5 Å². The second kappa shape index (κ2) is 10.8. The highest BCUT2D eigenvalue weighted by atomic mass is 32.2. The SMILES string of the molecule is CC1CCN(S(=O)(=O)c2ccc3c(c2)N(CC(=O)NC(C)CCc2ccccc2)C(=O)CO3)CC1. The first-order chi connectivity index (χ1) is 16.7.